The van der Waals surface area contributed by atoms with Gasteiger partial charge in [-0.15, -0.1) is 6.58 Å². The van der Waals surface area contributed by atoms with Gasteiger partial charge in [-0.05, 0) is 48.2 Å². The summed E-state index contributed by atoms with van der Waals surface area (Å²) < 4.78 is 39.1. The third-order valence-corrected chi connectivity index (χ3v) is 5.11. The molecule has 2 aromatic carbocycles. The quantitative estimate of drug-likeness (QED) is 0.484. The van der Waals surface area contributed by atoms with E-state index in [1.54, 1.807) is 25.3 Å². The van der Waals surface area contributed by atoms with Gasteiger partial charge < -0.3 is 5.32 Å². The van der Waals surface area contributed by atoms with Crippen LogP contribution in [0.2, 0.25) is 0 Å². The molecular weight excluding hydrogens is 401 g/mol. The third kappa shape index (κ3) is 5.40. The number of amides is 1. The van der Waals surface area contributed by atoms with Crippen LogP contribution in [-0.2, 0) is 17.4 Å². The number of hydrogen-bond acceptors (Lipinski definition) is 2. The second kappa shape index (κ2) is 9.60. The minimum absolute atomic E-state index is 0.244. The predicted octanol–water partition coefficient (Wildman–Crippen LogP) is 5.84. The van der Waals surface area contributed by atoms with Gasteiger partial charge in [0.1, 0.15) is 0 Å². The van der Waals surface area contributed by atoms with E-state index in [4.69, 9.17) is 0 Å². The number of halogens is 3. The lowest BCUT2D eigenvalue weighted by Gasteiger charge is -2.23. The Morgan fingerprint density at radius 3 is 2.32 bits per heavy atom. The van der Waals surface area contributed by atoms with Crippen molar-refractivity contribution < 1.29 is 18.0 Å². The second-order valence-electron chi connectivity index (χ2n) is 7.23. The zero-order valence-corrected chi connectivity index (χ0v) is 17.1. The van der Waals surface area contributed by atoms with Crippen molar-refractivity contribution in [2.24, 2.45) is 0 Å². The Hall–Kier alpha value is -3.41. The van der Waals surface area contributed by atoms with E-state index in [0.29, 0.717) is 17.7 Å². The van der Waals surface area contributed by atoms with Gasteiger partial charge in [0.2, 0.25) is 5.91 Å². The highest BCUT2D eigenvalue weighted by molar-refractivity contribution is 5.84. The van der Waals surface area contributed by atoms with E-state index in [2.05, 4.69) is 16.9 Å². The molecule has 1 aromatic heterocycles. The number of allylic oxidation sites excluding steroid dienone is 1. The minimum atomic E-state index is -4.43. The summed E-state index contributed by atoms with van der Waals surface area (Å²) in [6.45, 7) is 5.55. The van der Waals surface area contributed by atoms with E-state index in [1.165, 1.54) is 12.1 Å². The number of carbonyl (C=O) groups excluding carboxylic acids is 1. The molecule has 0 bridgehead atoms. The Bertz CT molecular complexity index is 1030. The lowest BCUT2D eigenvalue weighted by molar-refractivity contribution is -0.137. The number of nitrogens with zero attached hydrogens (tertiary/aromatic N) is 1. The molecule has 0 fully saturated rings. The number of benzene rings is 2. The molecule has 3 nitrogen and oxygen atoms in total. The van der Waals surface area contributed by atoms with Gasteiger partial charge in [0.15, 0.2) is 0 Å². The second-order valence-corrected chi connectivity index (χ2v) is 7.23. The summed E-state index contributed by atoms with van der Waals surface area (Å²) >= 11 is 0. The number of alkyl halides is 3. The van der Waals surface area contributed by atoms with E-state index in [9.17, 15) is 18.0 Å². The first-order valence-electron chi connectivity index (χ1n) is 9.88. The van der Waals surface area contributed by atoms with Crippen LogP contribution >= 0.6 is 0 Å². The van der Waals surface area contributed by atoms with E-state index in [-0.39, 0.29) is 5.91 Å². The van der Waals surface area contributed by atoms with E-state index >= 15 is 0 Å². The molecule has 1 N–H and O–H groups in total. The van der Waals surface area contributed by atoms with Crippen molar-refractivity contribution in [1.82, 2.24) is 10.3 Å². The van der Waals surface area contributed by atoms with Crippen LogP contribution in [0.5, 0.6) is 0 Å². The molecule has 3 rings (SSSR count). The molecule has 1 amide bonds. The molecule has 0 spiro atoms. The number of hydrogen-bond donors (Lipinski definition) is 1. The average Bonchev–Trinajstić information content (AvgIpc) is 2.78. The molecule has 0 aliphatic carbocycles. The van der Waals surface area contributed by atoms with Gasteiger partial charge in [0.25, 0.3) is 0 Å². The number of pyridine rings is 1. The first-order valence-corrected chi connectivity index (χ1v) is 9.88. The minimum Gasteiger partial charge on any atom is -0.343 e. The first-order chi connectivity index (χ1) is 14.8. The largest absolute Gasteiger partial charge is 0.416 e. The first kappa shape index (κ1) is 22.3. The standard InChI is InChI=1S/C25H23F3N2O/c1-3-8-19-11-7-16-29-22(19)23(20-12-14-21(15-13-20)25(26,27)28)30-24(31)17(2)18-9-5-4-6-10-18/h3-7,9-17,23H,1,8H2,2H3,(H,30,31). The van der Waals surface area contributed by atoms with Crippen molar-refractivity contribution in [2.75, 3.05) is 0 Å². The van der Waals surface area contributed by atoms with Crippen molar-refractivity contribution in [3.8, 4) is 0 Å². The summed E-state index contributed by atoms with van der Waals surface area (Å²) in [5, 5.41) is 2.99. The van der Waals surface area contributed by atoms with E-state index in [0.717, 1.165) is 23.3 Å². The Morgan fingerprint density at radius 1 is 1.03 bits per heavy atom. The Balaban J connectivity index is 1.99. The number of nitrogens with one attached hydrogen (secondary N) is 1. The molecule has 3 aromatic rings. The third-order valence-electron chi connectivity index (χ3n) is 5.11. The molecule has 0 saturated heterocycles. The van der Waals surface area contributed by atoms with Crippen molar-refractivity contribution in [2.45, 2.75) is 31.5 Å². The van der Waals surface area contributed by atoms with Crippen molar-refractivity contribution in [1.29, 1.82) is 0 Å². The molecule has 6 heteroatoms. The van der Waals surface area contributed by atoms with Crippen LogP contribution in [0.3, 0.4) is 0 Å². The zero-order chi connectivity index (χ0) is 22.4. The Morgan fingerprint density at radius 2 is 1.71 bits per heavy atom. The Labute approximate surface area is 179 Å². The van der Waals surface area contributed by atoms with Crippen molar-refractivity contribution >= 4 is 5.91 Å². The smallest absolute Gasteiger partial charge is 0.343 e. The van der Waals surface area contributed by atoms with Crippen LogP contribution in [0.15, 0.2) is 85.6 Å². The van der Waals surface area contributed by atoms with Gasteiger partial charge in [-0.3, -0.25) is 9.78 Å². The highest BCUT2D eigenvalue weighted by atomic mass is 19.4. The van der Waals surface area contributed by atoms with Gasteiger partial charge in [-0.25, -0.2) is 0 Å². The molecule has 0 aliphatic heterocycles. The molecule has 0 saturated carbocycles. The van der Waals surface area contributed by atoms with Crippen molar-refractivity contribution in [3.05, 3.63) is 114 Å². The fourth-order valence-electron chi connectivity index (χ4n) is 3.37. The van der Waals surface area contributed by atoms with Gasteiger partial charge >= 0.3 is 6.18 Å². The van der Waals surface area contributed by atoms with Gasteiger partial charge in [0, 0.05) is 6.20 Å². The number of aromatic nitrogens is 1. The van der Waals surface area contributed by atoms with Gasteiger partial charge in [0.05, 0.1) is 23.2 Å². The summed E-state index contributed by atoms with van der Waals surface area (Å²) in [5.74, 6) is -0.684. The summed E-state index contributed by atoms with van der Waals surface area (Å²) in [5.41, 5.74) is 2.04. The molecular formula is C25H23F3N2O. The lowest BCUT2D eigenvalue weighted by atomic mass is 9.95. The SMILES string of the molecule is C=CCc1cccnc1C(NC(=O)C(C)c1ccccc1)c1ccc(C(F)(F)F)cc1. The Kier molecular flexibility index (Phi) is 6.90. The summed E-state index contributed by atoms with van der Waals surface area (Å²) in [6.07, 6.45) is -0.590. The fraction of sp³-hybridized carbons (Fsp3) is 0.200. The van der Waals surface area contributed by atoms with E-state index < -0.39 is 23.7 Å². The van der Waals surface area contributed by atoms with Crippen LogP contribution in [0.1, 0.15) is 46.8 Å². The monoisotopic (exact) mass is 424 g/mol. The van der Waals surface area contributed by atoms with Gasteiger partial charge in [-0.1, -0.05) is 54.6 Å². The van der Waals surface area contributed by atoms with Gasteiger partial charge in [-0.2, -0.15) is 13.2 Å². The molecule has 0 aliphatic rings. The van der Waals surface area contributed by atoms with Crippen LogP contribution in [0, 0.1) is 0 Å². The maximum atomic E-state index is 13.1. The summed E-state index contributed by atoms with van der Waals surface area (Å²) in [7, 11) is 0. The highest BCUT2D eigenvalue weighted by Gasteiger charge is 2.31. The zero-order valence-electron chi connectivity index (χ0n) is 17.1. The summed E-state index contributed by atoms with van der Waals surface area (Å²) in [6, 6.07) is 17.1. The average molecular weight is 424 g/mol. The van der Waals surface area contributed by atoms with Crippen LogP contribution in [0.4, 0.5) is 13.2 Å². The van der Waals surface area contributed by atoms with Crippen LogP contribution in [0.25, 0.3) is 0 Å². The molecule has 2 unspecified atom stereocenters. The fourth-order valence-corrected chi connectivity index (χ4v) is 3.37. The maximum Gasteiger partial charge on any atom is 0.416 e. The topological polar surface area (TPSA) is 42.0 Å². The summed E-state index contributed by atoms with van der Waals surface area (Å²) in [4.78, 5) is 17.5. The molecule has 2 atom stereocenters. The predicted molar refractivity (Wildman–Crippen MR) is 114 cm³/mol. The molecule has 160 valence electrons. The van der Waals surface area contributed by atoms with Crippen LogP contribution < -0.4 is 5.32 Å². The van der Waals surface area contributed by atoms with Crippen LogP contribution in [-0.4, -0.2) is 10.9 Å². The normalized spacial score (nSPS) is 13.3. The molecule has 1 heterocycles. The maximum absolute atomic E-state index is 13.1. The van der Waals surface area contributed by atoms with Crippen molar-refractivity contribution in [3.63, 3.8) is 0 Å². The molecule has 0 radical (unpaired) electrons. The molecule has 31 heavy (non-hydrogen) atoms. The van der Waals surface area contributed by atoms with E-state index in [1.807, 2.05) is 36.4 Å². The number of rotatable bonds is 7. The number of carbonyl (C=O) groups is 1. The lowest BCUT2D eigenvalue weighted by Crippen LogP contribution is -2.33. The highest BCUT2D eigenvalue weighted by Crippen LogP contribution is 2.32.